The fraction of sp³-hybridized carbons (Fsp3) is 0.211. The number of aromatic nitrogens is 4. The molecule has 0 amide bonds. The number of nitrogens with two attached hydrogens (primary N) is 1. The lowest BCUT2D eigenvalue weighted by atomic mass is 10.1. The van der Waals surface area contributed by atoms with E-state index in [9.17, 15) is 0 Å². The molecule has 3 aromatic rings. The van der Waals surface area contributed by atoms with Crippen molar-refractivity contribution >= 4 is 17.0 Å². The fourth-order valence-corrected chi connectivity index (χ4v) is 2.58. The largest absolute Gasteiger partial charge is 0.463 e. The van der Waals surface area contributed by atoms with Crippen molar-refractivity contribution in [3.8, 4) is 6.01 Å². The van der Waals surface area contributed by atoms with Crippen LogP contribution < -0.4 is 10.5 Å². The number of allylic oxidation sites excluding steroid dienone is 1. The van der Waals surface area contributed by atoms with E-state index in [1.54, 1.807) is 12.4 Å². The second-order valence-electron chi connectivity index (χ2n) is 5.67. The van der Waals surface area contributed by atoms with Gasteiger partial charge in [0.2, 0.25) is 0 Å². The Morgan fingerprint density at radius 2 is 2.00 bits per heavy atom. The second-order valence-corrected chi connectivity index (χ2v) is 5.67. The minimum Gasteiger partial charge on any atom is -0.463 e. The number of hydrogen-bond donors (Lipinski definition) is 1. The molecule has 128 valence electrons. The number of anilines is 1. The Labute approximate surface area is 146 Å². The molecule has 0 unspecified atom stereocenters. The van der Waals surface area contributed by atoms with E-state index in [1.807, 2.05) is 16.7 Å². The van der Waals surface area contributed by atoms with E-state index in [1.165, 1.54) is 5.56 Å². The molecule has 3 rings (SSSR count). The lowest BCUT2D eigenvalue weighted by Crippen LogP contribution is -2.05. The van der Waals surface area contributed by atoms with Crippen molar-refractivity contribution in [2.45, 2.75) is 19.4 Å². The molecule has 0 saturated carbocycles. The first kappa shape index (κ1) is 16.7. The molecule has 6 heteroatoms. The molecule has 25 heavy (non-hydrogen) atoms. The maximum atomic E-state index is 5.99. The van der Waals surface area contributed by atoms with E-state index in [2.05, 4.69) is 46.3 Å². The topological polar surface area (TPSA) is 78.9 Å². The SMILES string of the molecule is C=CCCOc1nc(N)c2ncn(Cc3cccc(CC=C)c3)c2n1. The molecule has 2 heterocycles. The quantitative estimate of drug-likeness (QED) is 0.505. The highest BCUT2D eigenvalue weighted by Crippen LogP contribution is 2.20. The number of hydrogen-bond acceptors (Lipinski definition) is 5. The van der Waals surface area contributed by atoms with E-state index in [4.69, 9.17) is 10.5 Å². The summed E-state index contributed by atoms with van der Waals surface area (Å²) in [6.07, 6.45) is 6.96. The molecule has 1 aromatic carbocycles. The number of ether oxygens (including phenoxy) is 1. The van der Waals surface area contributed by atoms with Gasteiger partial charge in [0.25, 0.3) is 0 Å². The highest BCUT2D eigenvalue weighted by atomic mass is 16.5. The summed E-state index contributed by atoms with van der Waals surface area (Å²) in [5.41, 5.74) is 9.62. The normalized spacial score (nSPS) is 10.7. The number of rotatable bonds is 8. The van der Waals surface area contributed by atoms with E-state index < -0.39 is 0 Å². The highest BCUT2D eigenvalue weighted by molar-refractivity contribution is 5.81. The lowest BCUT2D eigenvalue weighted by molar-refractivity contribution is 0.300. The third-order valence-electron chi connectivity index (χ3n) is 3.75. The van der Waals surface area contributed by atoms with Crippen LogP contribution in [-0.2, 0) is 13.0 Å². The van der Waals surface area contributed by atoms with Crippen LogP contribution in [0, 0.1) is 0 Å². The van der Waals surface area contributed by atoms with E-state index in [-0.39, 0.29) is 6.01 Å². The van der Waals surface area contributed by atoms with Gasteiger partial charge in [-0.2, -0.15) is 9.97 Å². The van der Waals surface area contributed by atoms with Crippen LogP contribution in [0.1, 0.15) is 17.5 Å². The van der Waals surface area contributed by atoms with E-state index in [0.29, 0.717) is 30.1 Å². The van der Waals surface area contributed by atoms with Crippen LogP contribution in [0.15, 0.2) is 55.9 Å². The van der Waals surface area contributed by atoms with Crippen LogP contribution in [-0.4, -0.2) is 26.1 Å². The average molecular weight is 335 g/mol. The van der Waals surface area contributed by atoms with Gasteiger partial charge >= 0.3 is 6.01 Å². The first-order valence-electron chi connectivity index (χ1n) is 8.12. The van der Waals surface area contributed by atoms with Crippen molar-refractivity contribution in [1.29, 1.82) is 0 Å². The Kier molecular flexibility index (Phi) is 5.09. The summed E-state index contributed by atoms with van der Waals surface area (Å²) < 4.78 is 7.48. The van der Waals surface area contributed by atoms with Gasteiger partial charge in [-0.05, 0) is 24.0 Å². The van der Waals surface area contributed by atoms with Crippen molar-refractivity contribution in [2.24, 2.45) is 0 Å². The van der Waals surface area contributed by atoms with Gasteiger partial charge < -0.3 is 15.0 Å². The van der Waals surface area contributed by atoms with E-state index in [0.717, 1.165) is 18.4 Å². The average Bonchev–Trinajstić information content (AvgIpc) is 2.99. The van der Waals surface area contributed by atoms with Gasteiger partial charge in [-0.25, -0.2) is 4.98 Å². The monoisotopic (exact) mass is 335 g/mol. The summed E-state index contributed by atoms with van der Waals surface area (Å²) in [7, 11) is 0. The molecule has 0 aliphatic heterocycles. The van der Waals surface area contributed by atoms with Gasteiger partial charge in [-0.3, -0.25) is 0 Å². The number of benzene rings is 1. The summed E-state index contributed by atoms with van der Waals surface area (Å²) in [6.45, 7) is 8.56. The third-order valence-corrected chi connectivity index (χ3v) is 3.75. The molecule has 0 spiro atoms. The highest BCUT2D eigenvalue weighted by Gasteiger charge is 2.12. The fourth-order valence-electron chi connectivity index (χ4n) is 2.58. The Balaban J connectivity index is 1.89. The van der Waals surface area contributed by atoms with Crippen LogP contribution in [0.4, 0.5) is 5.82 Å². The Morgan fingerprint density at radius 3 is 2.80 bits per heavy atom. The van der Waals surface area contributed by atoms with Gasteiger partial charge in [0.15, 0.2) is 17.0 Å². The number of fused-ring (bicyclic) bond motifs is 1. The predicted octanol–water partition coefficient (Wildman–Crippen LogP) is 3.14. The Morgan fingerprint density at radius 1 is 1.16 bits per heavy atom. The molecule has 0 saturated heterocycles. The van der Waals surface area contributed by atoms with E-state index >= 15 is 0 Å². The number of nitrogens with zero attached hydrogens (tertiary/aromatic N) is 4. The van der Waals surface area contributed by atoms with Gasteiger partial charge in [0.1, 0.15) is 0 Å². The van der Waals surface area contributed by atoms with Crippen molar-refractivity contribution in [3.63, 3.8) is 0 Å². The molecule has 0 bridgehead atoms. The molecule has 0 fully saturated rings. The summed E-state index contributed by atoms with van der Waals surface area (Å²) in [5.74, 6) is 0.317. The van der Waals surface area contributed by atoms with Gasteiger partial charge in [0, 0.05) is 0 Å². The van der Waals surface area contributed by atoms with Crippen molar-refractivity contribution in [3.05, 3.63) is 67.0 Å². The van der Waals surface area contributed by atoms with Crippen molar-refractivity contribution in [2.75, 3.05) is 12.3 Å². The zero-order chi connectivity index (χ0) is 17.6. The molecule has 0 aliphatic rings. The zero-order valence-electron chi connectivity index (χ0n) is 14.1. The number of nitrogen functional groups attached to an aromatic ring is 1. The molecule has 0 radical (unpaired) electrons. The van der Waals surface area contributed by atoms with Crippen LogP contribution in [0.5, 0.6) is 6.01 Å². The molecule has 2 aromatic heterocycles. The van der Waals surface area contributed by atoms with Crippen LogP contribution >= 0.6 is 0 Å². The zero-order valence-corrected chi connectivity index (χ0v) is 14.1. The molecule has 2 N–H and O–H groups in total. The molecule has 6 nitrogen and oxygen atoms in total. The predicted molar refractivity (Wildman–Crippen MR) is 99.5 cm³/mol. The second kappa shape index (κ2) is 7.61. The molecule has 0 atom stereocenters. The summed E-state index contributed by atoms with van der Waals surface area (Å²) >= 11 is 0. The van der Waals surface area contributed by atoms with Crippen molar-refractivity contribution in [1.82, 2.24) is 19.5 Å². The van der Waals surface area contributed by atoms with Gasteiger partial charge in [-0.15, -0.1) is 13.2 Å². The van der Waals surface area contributed by atoms with Crippen LogP contribution in [0.25, 0.3) is 11.2 Å². The lowest BCUT2D eigenvalue weighted by Gasteiger charge is -2.08. The number of imidazole rings is 1. The summed E-state index contributed by atoms with van der Waals surface area (Å²) in [4.78, 5) is 13.0. The first-order valence-corrected chi connectivity index (χ1v) is 8.12. The smallest absolute Gasteiger partial charge is 0.320 e. The summed E-state index contributed by atoms with van der Waals surface area (Å²) in [6, 6.07) is 8.61. The molecular formula is C19H21N5O. The maximum Gasteiger partial charge on any atom is 0.320 e. The Bertz CT molecular complexity index is 900. The third kappa shape index (κ3) is 3.85. The van der Waals surface area contributed by atoms with Crippen molar-refractivity contribution < 1.29 is 4.74 Å². The summed E-state index contributed by atoms with van der Waals surface area (Å²) in [5, 5.41) is 0. The maximum absolute atomic E-state index is 5.99. The minimum atomic E-state index is 0.258. The minimum absolute atomic E-state index is 0.258. The van der Waals surface area contributed by atoms with Crippen LogP contribution in [0.3, 0.4) is 0 Å². The molecule has 0 aliphatic carbocycles. The Hall–Kier alpha value is -3.15. The standard InChI is InChI=1S/C19H21N5O/c1-3-5-10-25-19-22-17(20)16-18(23-19)24(13-21-16)12-15-9-6-8-14(11-15)7-4-2/h3-4,6,8-9,11,13H,1-2,5,7,10,12H2,(H2,20,22,23). The van der Waals surface area contributed by atoms with Gasteiger partial charge in [-0.1, -0.05) is 36.4 Å². The molecular weight excluding hydrogens is 314 g/mol. The van der Waals surface area contributed by atoms with Gasteiger partial charge in [0.05, 0.1) is 19.5 Å². The first-order chi connectivity index (χ1) is 12.2. The van der Waals surface area contributed by atoms with Crippen LogP contribution in [0.2, 0.25) is 0 Å².